The summed E-state index contributed by atoms with van der Waals surface area (Å²) in [7, 11) is 0. The van der Waals surface area contributed by atoms with E-state index in [1.807, 2.05) is 12.1 Å². The van der Waals surface area contributed by atoms with Gasteiger partial charge in [0.2, 0.25) is 0 Å². The summed E-state index contributed by atoms with van der Waals surface area (Å²) in [5, 5.41) is 4.95. The highest BCUT2D eigenvalue weighted by Gasteiger charge is 2.01. The summed E-state index contributed by atoms with van der Waals surface area (Å²) >= 11 is 0. The summed E-state index contributed by atoms with van der Waals surface area (Å²) in [6.07, 6.45) is 5.50. The van der Waals surface area contributed by atoms with Crippen molar-refractivity contribution >= 4 is 10.9 Å². The van der Waals surface area contributed by atoms with Gasteiger partial charge in [0.05, 0.1) is 12.7 Å². The summed E-state index contributed by atoms with van der Waals surface area (Å²) in [5.41, 5.74) is 2.31. The van der Waals surface area contributed by atoms with Gasteiger partial charge in [0.15, 0.2) is 0 Å². The molecule has 0 unspecified atom stereocenters. The van der Waals surface area contributed by atoms with Crippen LogP contribution in [0.5, 0.6) is 0 Å². The van der Waals surface area contributed by atoms with E-state index < -0.39 is 0 Å². The van der Waals surface area contributed by atoms with Crippen molar-refractivity contribution in [1.82, 2.24) is 9.72 Å². The van der Waals surface area contributed by atoms with E-state index in [0.29, 0.717) is 0 Å². The molecule has 0 saturated carbocycles. The minimum absolute atomic E-state index is 0.803. The molecule has 3 rings (SSSR count). The number of para-hydroxylation sites is 1. The van der Waals surface area contributed by atoms with Crippen molar-refractivity contribution in [2.75, 3.05) is 0 Å². The van der Waals surface area contributed by atoms with Crippen LogP contribution in [0.3, 0.4) is 0 Å². The molecule has 0 fully saturated rings. The first kappa shape index (κ1) is 8.29. The van der Waals surface area contributed by atoms with Gasteiger partial charge in [-0.1, -0.05) is 23.4 Å². The Morgan fingerprint density at radius 2 is 2.13 bits per heavy atom. The summed E-state index contributed by atoms with van der Waals surface area (Å²) in [6.45, 7) is 0.803. The van der Waals surface area contributed by atoms with E-state index in [2.05, 4.69) is 34.1 Å². The quantitative estimate of drug-likeness (QED) is 0.633. The Morgan fingerprint density at radius 3 is 3.00 bits per heavy atom. The number of hydrogen-bond acceptors (Lipinski definition) is 2. The molecule has 0 amide bonds. The van der Waals surface area contributed by atoms with Gasteiger partial charge in [-0.3, -0.25) is 0 Å². The van der Waals surface area contributed by atoms with E-state index >= 15 is 0 Å². The molecule has 0 radical (unpaired) electrons. The highest BCUT2D eigenvalue weighted by Crippen LogP contribution is 2.16. The van der Waals surface area contributed by atoms with Crippen molar-refractivity contribution in [3.8, 4) is 0 Å². The van der Waals surface area contributed by atoms with Crippen LogP contribution in [-0.2, 0) is 6.54 Å². The van der Waals surface area contributed by atoms with Crippen LogP contribution in [0.2, 0.25) is 0 Å². The van der Waals surface area contributed by atoms with Crippen LogP contribution in [0.4, 0.5) is 0 Å². The van der Waals surface area contributed by atoms with E-state index in [9.17, 15) is 0 Å². The summed E-state index contributed by atoms with van der Waals surface area (Å²) in [4.78, 5) is 0. The summed E-state index contributed by atoms with van der Waals surface area (Å²) < 4.78 is 6.99. The fraction of sp³-hybridized carbons (Fsp3) is 0.0833. The van der Waals surface area contributed by atoms with Crippen LogP contribution in [0.1, 0.15) is 5.56 Å². The maximum absolute atomic E-state index is 4.81. The minimum atomic E-state index is 0.803. The third kappa shape index (κ3) is 1.42. The first-order valence-corrected chi connectivity index (χ1v) is 4.85. The molecule has 0 aliphatic heterocycles. The summed E-state index contributed by atoms with van der Waals surface area (Å²) in [6, 6.07) is 10.4. The predicted molar refractivity (Wildman–Crippen MR) is 57.5 cm³/mol. The van der Waals surface area contributed by atoms with Gasteiger partial charge in [0.1, 0.15) is 6.26 Å². The Morgan fingerprint density at radius 1 is 1.20 bits per heavy atom. The molecule has 0 saturated heterocycles. The average molecular weight is 198 g/mol. The van der Waals surface area contributed by atoms with Gasteiger partial charge in [0.25, 0.3) is 0 Å². The highest BCUT2D eigenvalue weighted by atomic mass is 16.5. The Labute approximate surface area is 86.9 Å². The molecule has 2 aromatic heterocycles. The third-order valence-corrected chi connectivity index (χ3v) is 2.52. The lowest BCUT2D eigenvalue weighted by Gasteiger charge is -2.01. The molecule has 0 aliphatic carbocycles. The van der Waals surface area contributed by atoms with E-state index in [1.165, 1.54) is 10.9 Å². The topological polar surface area (TPSA) is 31.0 Å². The van der Waals surface area contributed by atoms with E-state index in [-0.39, 0.29) is 0 Å². The number of rotatable bonds is 2. The lowest BCUT2D eigenvalue weighted by Crippen LogP contribution is -1.95. The van der Waals surface area contributed by atoms with Gasteiger partial charge in [-0.05, 0) is 17.5 Å². The Bertz CT molecular complexity index is 566. The highest BCUT2D eigenvalue weighted by molar-refractivity contribution is 5.79. The minimum Gasteiger partial charge on any atom is -0.364 e. The van der Waals surface area contributed by atoms with E-state index in [0.717, 1.165) is 12.1 Å². The number of fused-ring (bicyclic) bond motifs is 1. The Hall–Kier alpha value is -2.03. The standard InChI is InChI=1S/C12H10N2O/c1-2-4-12-11(3-1)5-6-14(12)8-10-7-13-15-9-10/h1-7,9H,8H2. The molecule has 2 heterocycles. The molecule has 3 nitrogen and oxygen atoms in total. The smallest absolute Gasteiger partial charge is 0.128 e. The largest absolute Gasteiger partial charge is 0.364 e. The first-order chi connectivity index (χ1) is 7.43. The third-order valence-electron chi connectivity index (χ3n) is 2.52. The van der Waals surface area contributed by atoms with Crippen molar-refractivity contribution in [2.45, 2.75) is 6.54 Å². The monoisotopic (exact) mass is 198 g/mol. The fourth-order valence-corrected chi connectivity index (χ4v) is 1.78. The molecule has 15 heavy (non-hydrogen) atoms. The lowest BCUT2D eigenvalue weighted by molar-refractivity contribution is 0.418. The van der Waals surface area contributed by atoms with Gasteiger partial charge < -0.3 is 9.09 Å². The maximum atomic E-state index is 4.81. The van der Waals surface area contributed by atoms with Crippen LogP contribution in [0.25, 0.3) is 10.9 Å². The number of benzene rings is 1. The SMILES string of the molecule is c1ccc2c(c1)ccn2Cc1cnoc1. The average Bonchev–Trinajstić information content (AvgIpc) is 2.89. The molecule has 0 atom stereocenters. The molecule has 3 aromatic rings. The maximum Gasteiger partial charge on any atom is 0.128 e. The molecule has 1 aromatic carbocycles. The molecular weight excluding hydrogens is 188 g/mol. The van der Waals surface area contributed by atoms with Crippen molar-refractivity contribution in [1.29, 1.82) is 0 Å². The molecule has 0 spiro atoms. The molecular formula is C12H10N2O. The first-order valence-electron chi connectivity index (χ1n) is 4.85. The Kier molecular flexibility index (Phi) is 1.81. The second-order valence-electron chi connectivity index (χ2n) is 3.54. The van der Waals surface area contributed by atoms with Crippen LogP contribution < -0.4 is 0 Å². The van der Waals surface area contributed by atoms with Crippen LogP contribution >= 0.6 is 0 Å². The fourth-order valence-electron chi connectivity index (χ4n) is 1.78. The van der Waals surface area contributed by atoms with Crippen molar-refractivity contribution in [3.63, 3.8) is 0 Å². The number of aromatic nitrogens is 2. The van der Waals surface area contributed by atoms with Crippen molar-refractivity contribution in [2.24, 2.45) is 0 Å². The second kappa shape index (κ2) is 3.28. The zero-order valence-corrected chi connectivity index (χ0v) is 8.13. The number of nitrogens with zero attached hydrogens (tertiary/aromatic N) is 2. The zero-order chi connectivity index (χ0) is 10.1. The molecule has 0 N–H and O–H groups in total. The molecule has 74 valence electrons. The van der Waals surface area contributed by atoms with Crippen LogP contribution in [0, 0.1) is 0 Å². The van der Waals surface area contributed by atoms with Gasteiger partial charge in [0, 0.05) is 17.3 Å². The van der Waals surface area contributed by atoms with Crippen LogP contribution in [0.15, 0.2) is 53.5 Å². The summed E-state index contributed by atoms with van der Waals surface area (Å²) in [5.74, 6) is 0. The zero-order valence-electron chi connectivity index (χ0n) is 8.13. The van der Waals surface area contributed by atoms with Gasteiger partial charge in [-0.2, -0.15) is 0 Å². The predicted octanol–water partition coefficient (Wildman–Crippen LogP) is 2.68. The number of hydrogen-bond donors (Lipinski definition) is 0. The van der Waals surface area contributed by atoms with Crippen LogP contribution in [-0.4, -0.2) is 9.72 Å². The lowest BCUT2D eigenvalue weighted by atomic mass is 10.2. The van der Waals surface area contributed by atoms with Gasteiger partial charge >= 0.3 is 0 Å². The molecule has 0 bridgehead atoms. The normalized spacial score (nSPS) is 10.9. The van der Waals surface area contributed by atoms with Crippen molar-refractivity contribution < 1.29 is 4.52 Å². The van der Waals surface area contributed by atoms with Gasteiger partial charge in [-0.15, -0.1) is 0 Å². The Balaban J connectivity index is 2.05. The molecule has 3 heteroatoms. The van der Waals surface area contributed by atoms with Gasteiger partial charge in [-0.25, -0.2) is 0 Å². The van der Waals surface area contributed by atoms with E-state index in [4.69, 9.17) is 4.52 Å². The second-order valence-corrected chi connectivity index (χ2v) is 3.54. The molecule has 0 aliphatic rings. The van der Waals surface area contributed by atoms with Crippen molar-refractivity contribution in [3.05, 3.63) is 54.6 Å². The van der Waals surface area contributed by atoms with E-state index in [1.54, 1.807) is 12.5 Å².